The van der Waals surface area contributed by atoms with Crippen LogP contribution in [0.1, 0.15) is 21.5 Å². The molecule has 0 saturated heterocycles. The molecule has 0 saturated carbocycles. The molecule has 0 N–H and O–H groups in total. The average Bonchev–Trinajstić information content (AvgIpc) is 3.08. The molecule has 0 aliphatic heterocycles. The Balaban J connectivity index is 1.73. The lowest BCUT2D eigenvalue weighted by Crippen LogP contribution is -2.07. The molecule has 0 bridgehead atoms. The van der Waals surface area contributed by atoms with Crippen molar-refractivity contribution in [2.45, 2.75) is 13.5 Å². The second kappa shape index (κ2) is 6.17. The zero-order valence-electron chi connectivity index (χ0n) is 12.0. The van der Waals surface area contributed by atoms with Gasteiger partial charge in [-0.05, 0) is 46.7 Å². The number of ether oxygens (including phenoxy) is 1. The normalized spacial score (nSPS) is 10.4. The van der Waals surface area contributed by atoms with Gasteiger partial charge in [0.1, 0.15) is 12.9 Å². The van der Waals surface area contributed by atoms with Crippen LogP contribution in [0.25, 0.3) is 5.69 Å². The minimum Gasteiger partial charge on any atom is -0.457 e. The average molecular weight is 294 g/mol. The molecule has 0 amide bonds. The van der Waals surface area contributed by atoms with Crippen LogP contribution in [0.3, 0.4) is 0 Å². The quantitative estimate of drug-likeness (QED) is 0.691. The zero-order valence-corrected chi connectivity index (χ0v) is 12.0. The molecule has 0 spiro atoms. The molecule has 110 valence electrons. The molecule has 1 heterocycles. The highest BCUT2D eigenvalue weighted by Crippen LogP contribution is 2.13. The number of hydrogen-bond donors (Lipinski definition) is 0. The number of hydrogen-bond acceptors (Lipinski definition) is 5. The zero-order chi connectivity index (χ0) is 15.4. The van der Waals surface area contributed by atoms with Crippen molar-refractivity contribution in [3.8, 4) is 5.69 Å². The first-order chi connectivity index (χ1) is 10.7. The maximum Gasteiger partial charge on any atom is 0.338 e. The van der Waals surface area contributed by atoms with E-state index in [-0.39, 0.29) is 12.6 Å². The summed E-state index contributed by atoms with van der Waals surface area (Å²) in [6.45, 7) is 2.24. The van der Waals surface area contributed by atoms with Crippen molar-refractivity contribution in [1.29, 1.82) is 0 Å². The number of benzene rings is 2. The van der Waals surface area contributed by atoms with E-state index in [1.807, 2.05) is 37.3 Å². The molecule has 0 fully saturated rings. The summed E-state index contributed by atoms with van der Waals surface area (Å²) < 4.78 is 6.85. The Morgan fingerprint density at radius 1 is 1.18 bits per heavy atom. The summed E-state index contributed by atoms with van der Waals surface area (Å²) >= 11 is 0. The smallest absolute Gasteiger partial charge is 0.338 e. The van der Waals surface area contributed by atoms with E-state index in [4.69, 9.17) is 4.74 Å². The summed E-state index contributed by atoms with van der Waals surface area (Å²) in [5.41, 5.74) is 3.25. The molecule has 0 aliphatic rings. The first-order valence-corrected chi connectivity index (χ1v) is 6.79. The van der Waals surface area contributed by atoms with E-state index in [1.54, 1.807) is 18.2 Å². The molecule has 22 heavy (non-hydrogen) atoms. The van der Waals surface area contributed by atoms with Crippen molar-refractivity contribution < 1.29 is 9.53 Å². The highest BCUT2D eigenvalue weighted by atomic mass is 16.5. The lowest BCUT2D eigenvalue weighted by atomic mass is 10.1. The summed E-state index contributed by atoms with van der Waals surface area (Å²) in [6.07, 6.45) is 1.47. The first kappa shape index (κ1) is 13.9. The molecule has 2 aromatic carbocycles. The van der Waals surface area contributed by atoms with Gasteiger partial charge in [0, 0.05) is 0 Å². The maximum atomic E-state index is 12.2. The SMILES string of the molecule is Cc1ccccc1COC(=O)c1cccc(-n2cnnn2)c1. The fourth-order valence-corrected chi connectivity index (χ4v) is 2.05. The van der Waals surface area contributed by atoms with Gasteiger partial charge in [-0.2, -0.15) is 0 Å². The number of aryl methyl sites for hydroxylation is 1. The Morgan fingerprint density at radius 3 is 2.82 bits per heavy atom. The molecule has 0 radical (unpaired) electrons. The van der Waals surface area contributed by atoms with Crippen LogP contribution in [0.15, 0.2) is 54.9 Å². The van der Waals surface area contributed by atoms with Gasteiger partial charge < -0.3 is 4.74 Å². The van der Waals surface area contributed by atoms with E-state index in [9.17, 15) is 4.79 Å². The van der Waals surface area contributed by atoms with Gasteiger partial charge in [0.15, 0.2) is 0 Å². The van der Waals surface area contributed by atoms with Crippen molar-refractivity contribution in [3.63, 3.8) is 0 Å². The van der Waals surface area contributed by atoms with Crippen LogP contribution in [-0.2, 0) is 11.3 Å². The first-order valence-electron chi connectivity index (χ1n) is 6.79. The summed E-state index contributed by atoms with van der Waals surface area (Å²) in [7, 11) is 0. The van der Waals surface area contributed by atoms with E-state index in [0.717, 1.165) is 11.1 Å². The van der Waals surface area contributed by atoms with Crippen molar-refractivity contribution >= 4 is 5.97 Å². The Hall–Kier alpha value is -3.02. The van der Waals surface area contributed by atoms with E-state index in [1.165, 1.54) is 11.0 Å². The molecule has 3 aromatic rings. The van der Waals surface area contributed by atoms with Crippen molar-refractivity contribution in [2.75, 3.05) is 0 Å². The molecule has 0 unspecified atom stereocenters. The Labute approximate surface area is 127 Å². The van der Waals surface area contributed by atoms with Gasteiger partial charge in [-0.3, -0.25) is 0 Å². The molecule has 6 nitrogen and oxygen atoms in total. The maximum absolute atomic E-state index is 12.2. The minimum absolute atomic E-state index is 0.251. The van der Waals surface area contributed by atoms with Crippen LogP contribution >= 0.6 is 0 Å². The predicted octanol–water partition coefficient (Wildman–Crippen LogP) is 2.33. The fraction of sp³-hybridized carbons (Fsp3) is 0.125. The van der Waals surface area contributed by atoms with Gasteiger partial charge in [0.2, 0.25) is 0 Å². The van der Waals surface area contributed by atoms with Crippen LogP contribution in [-0.4, -0.2) is 26.2 Å². The molecular weight excluding hydrogens is 280 g/mol. The number of tetrazole rings is 1. The van der Waals surface area contributed by atoms with Crippen LogP contribution in [0.4, 0.5) is 0 Å². The van der Waals surface area contributed by atoms with Gasteiger partial charge >= 0.3 is 5.97 Å². The van der Waals surface area contributed by atoms with E-state index in [0.29, 0.717) is 11.3 Å². The molecule has 3 rings (SSSR count). The number of rotatable bonds is 4. The Morgan fingerprint density at radius 2 is 2.05 bits per heavy atom. The van der Waals surface area contributed by atoms with Crippen molar-refractivity contribution in [2.24, 2.45) is 0 Å². The molecule has 0 atom stereocenters. The highest BCUT2D eigenvalue weighted by molar-refractivity contribution is 5.90. The number of carbonyl (C=O) groups is 1. The number of carbonyl (C=O) groups excluding carboxylic acids is 1. The third kappa shape index (κ3) is 3.01. The van der Waals surface area contributed by atoms with Crippen LogP contribution in [0.2, 0.25) is 0 Å². The topological polar surface area (TPSA) is 69.9 Å². The van der Waals surface area contributed by atoms with Crippen LogP contribution < -0.4 is 0 Å². The van der Waals surface area contributed by atoms with Gasteiger partial charge in [0.25, 0.3) is 0 Å². The third-order valence-electron chi connectivity index (χ3n) is 3.32. The van der Waals surface area contributed by atoms with E-state index >= 15 is 0 Å². The van der Waals surface area contributed by atoms with Crippen molar-refractivity contribution in [3.05, 3.63) is 71.5 Å². The predicted molar refractivity (Wildman–Crippen MR) is 79.5 cm³/mol. The van der Waals surface area contributed by atoms with Crippen LogP contribution in [0.5, 0.6) is 0 Å². The summed E-state index contributed by atoms with van der Waals surface area (Å²) in [5, 5.41) is 10.9. The second-order valence-corrected chi connectivity index (χ2v) is 4.81. The van der Waals surface area contributed by atoms with Gasteiger partial charge in [-0.1, -0.05) is 30.3 Å². The van der Waals surface area contributed by atoms with E-state index < -0.39 is 0 Å². The summed E-state index contributed by atoms with van der Waals surface area (Å²) in [5.74, 6) is -0.377. The largest absolute Gasteiger partial charge is 0.457 e. The number of nitrogens with zero attached hydrogens (tertiary/aromatic N) is 4. The summed E-state index contributed by atoms with van der Waals surface area (Å²) in [4.78, 5) is 12.2. The van der Waals surface area contributed by atoms with Crippen LogP contribution in [0, 0.1) is 6.92 Å². The van der Waals surface area contributed by atoms with Crippen molar-refractivity contribution in [1.82, 2.24) is 20.2 Å². The second-order valence-electron chi connectivity index (χ2n) is 4.81. The highest BCUT2D eigenvalue weighted by Gasteiger charge is 2.10. The Kier molecular flexibility index (Phi) is 3.91. The lowest BCUT2D eigenvalue weighted by molar-refractivity contribution is 0.0472. The van der Waals surface area contributed by atoms with Gasteiger partial charge in [-0.15, -0.1) is 5.10 Å². The standard InChI is InChI=1S/C16H14N4O2/c1-12-5-2-3-6-14(12)10-22-16(21)13-7-4-8-15(9-13)20-11-17-18-19-20/h2-9,11H,10H2,1H3. The lowest BCUT2D eigenvalue weighted by Gasteiger charge is -2.08. The molecule has 0 aliphatic carbocycles. The monoisotopic (exact) mass is 294 g/mol. The fourth-order valence-electron chi connectivity index (χ4n) is 2.05. The third-order valence-corrected chi connectivity index (χ3v) is 3.32. The van der Waals surface area contributed by atoms with Gasteiger partial charge in [-0.25, -0.2) is 9.48 Å². The van der Waals surface area contributed by atoms with Gasteiger partial charge in [0.05, 0.1) is 11.3 Å². The Bertz CT molecular complexity index is 784. The molecular formula is C16H14N4O2. The molecule has 1 aromatic heterocycles. The summed E-state index contributed by atoms with van der Waals surface area (Å²) in [6, 6.07) is 14.8. The molecule has 6 heteroatoms. The number of aromatic nitrogens is 4. The van der Waals surface area contributed by atoms with E-state index in [2.05, 4.69) is 15.5 Å². The minimum atomic E-state index is -0.377. The number of esters is 1.